The lowest BCUT2D eigenvalue weighted by atomic mass is 9.89. The summed E-state index contributed by atoms with van der Waals surface area (Å²) < 4.78 is 0. The first-order chi connectivity index (χ1) is 7.84. The van der Waals surface area contributed by atoms with Crippen LogP contribution in [0.2, 0.25) is 0 Å². The van der Waals surface area contributed by atoms with E-state index >= 15 is 0 Å². The summed E-state index contributed by atoms with van der Waals surface area (Å²) in [5.74, 6) is 1.97. The fraction of sp³-hybridized carbons (Fsp3) is 1.00. The van der Waals surface area contributed by atoms with Crippen molar-refractivity contribution >= 4 is 0 Å². The van der Waals surface area contributed by atoms with Crippen molar-refractivity contribution in [1.82, 2.24) is 5.32 Å². The first-order valence-corrected chi connectivity index (χ1v) is 7.58. The third-order valence-corrected chi connectivity index (χ3v) is 4.68. The summed E-state index contributed by atoms with van der Waals surface area (Å²) in [7, 11) is 0. The van der Waals surface area contributed by atoms with E-state index in [4.69, 9.17) is 0 Å². The number of rotatable bonds is 3. The summed E-state index contributed by atoms with van der Waals surface area (Å²) in [6, 6.07) is 0.840. The normalized spacial score (nSPS) is 33.6. The van der Waals surface area contributed by atoms with Crippen LogP contribution in [-0.2, 0) is 0 Å². The zero-order valence-corrected chi connectivity index (χ0v) is 11.0. The van der Waals surface area contributed by atoms with Crippen molar-refractivity contribution in [2.75, 3.05) is 6.54 Å². The lowest BCUT2D eigenvalue weighted by Gasteiger charge is -2.25. The van der Waals surface area contributed by atoms with E-state index in [1.165, 1.54) is 70.8 Å². The highest BCUT2D eigenvalue weighted by atomic mass is 14.9. The number of nitrogens with one attached hydrogen (secondary N) is 1. The SMILES string of the molecule is CC1CCCC(NCC2CCCCC2)CC1. The first kappa shape index (κ1) is 12.4. The highest BCUT2D eigenvalue weighted by Gasteiger charge is 2.18. The molecule has 0 amide bonds. The van der Waals surface area contributed by atoms with Gasteiger partial charge in [0.2, 0.25) is 0 Å². The molecule has 1 nitrogen and oxygen atoms in total. The average molecular weight is 223 g/mol. The molecule has 0 aliphatic heterocycles. The van der Waals surface area contributed by atoms with Gasteiger partial charge in [-0.1, -0.05) is 39.0 Å². The van der Waals surface area contributed by atoms with Gasteiger partial charge < -0.3 is 5.32 Å². The van der Waals surface area contributed by atoms with Gasteiger partial charge in [0.05, 0.1) is 0 Å². The second-order valence-corrected chi connectivity index (χ2v) is 6.22. The van der Waals surface area contributed by atoms with Crippen LogP contribution in [-0.4, -0.2) is 12.6 Å². The highest BCUT2D eigenvalue weighted by Crippen LogP contribution is 2.25. The van der Waals surface area contributed by atoms with Crippen LogP contribution in [0, 0.1) is 11.8 Å². The monoisotopic (exact) mass is 223 g/mol. The summed E-state index contributed by atoms with van der Waals surface area (Å²) in [5, 5.41) is 3.85. The van der Waals surface area contributed by atoms with Crippen molar-refractivity contribution in [2.24, 2.45) is 11.8 Å². The minimum absolute atomic E-state index is 0.840. The van der Waals surface area contributed by atoms with E-state index in [0.717, 1.165) is 17.9 Å². The van der Waals surface area contributed by atoms with E-state index in [1.807, 2.05) is 0 Å². The van der Waals surface area contributed by atoms with Gasteiger partial charge in [-0.3, -0.25) is 0 Å². The molecule has 2 aliphatic rings. The maximum Gasteiger partial charge on any atom is 0.00672 e. The minimum atomic E-state index is 0.840. The smallest absolute Gasteiger partial charge is 0.00672 e. The van der Waals surface area contributed by atoms with Gasteiger partial charge in [0.25, 0.3) is 0 Å². The second kappa shape index (κ2) is 6.64. The van der Waals surface area contributed by atoms with Crippen molar-refractivity contribution in [1.29, 1.82) is 0 Å². The molecule has 0 radical (unpaired) electrons. The molecular formula is C15H29N. The van der Waals surface area contributed by atoms with Gasteiger partial charge in [-0.2, -0.15) is 0 Å². The van der Waals surface area contributed by atoms with E-state index < -0.39 is 0 Å². The van der Waals surface area contributed by atoms with Gasteiger partial charge in [-0.15, -0.1) is 0 Å². The fourth-order valence-corrected chi connectivity index (χ4v) is 3.42. The number of hydrogen-bond donors (Lipinski definition) is 1. The molecule has 2 aliphatic carbocycles. The third kappa shape index (κ3) is 4.08. The third-order valence-electron chi connectivity index (χ3n) is 4.68. The van der Waals surface area contributed by atoms with E-state index in [1.54, 1.807) is 0 Å². The van der Waals surface area contributed by atoms with Gasteiger partial charge in [0.1, 0.15) is 0 Å². The Morgan fingerprint density at radius 2 is 1.62 bits per heavy atom. The Balaban J connectivity index is 1.64. The van der Waals surface area contributed by atoms with Crippen LogP contribution < -0.4 is 5.32 Å². The van der Waals surface area contributed by atoms with Crippen LogP contribution in [0.25, 0.3) is 0 Å². The molecule has 2 fully saturated rings. The Labute approximate surface area is 101 Å². The molecular weight excluding hydrogens is 194 g/mol. The van der Waals surface area contributed by atoms with Crippen LogP contribution in [0.15, 0.2) is 0 Å². The molecule has 0 aromatic rings. The quantitative estimate of drug-likeness (QED) is 0.710. The van der Waals surface area contributed by atoms with Gasteiger partial charge in [0, 0.05) is 6.04 Å². The van der Waals surface area contributed by atoms with E-state index in [0.29, 0.717) is 0 Å². The van der Waals surface area contributed by atoms with Crippen molar-refractivity contribution in [2.45, 2.75) is 77.2 Å². The Morgan fingerprint density at radius 1 is 0.812 bits per heavy atom. The van der Waals surface area contributed by atoms with Gasteiger partial charge in [-0.05, 0) is 50.5 Å². The van der Waals surface area contributed by atoms with Crippen LogP contribution in [0.5, 0.6) is 0 Å². The van der Waals surface area contributed by atoms with Crippen LogP contribution >= 0.6 is 0 Å². The molecule has 94 valence electrons. The summed E-state index contributed by atoms with van der Waals surface area (Å²) in [5.41, 5.74) is 0. The lowest BCUT2D eigenvalue weighted by molar-refractivity contribution is 0.318. The lowest BCUT2D eigenvalue weighted by Crippen LogP contribution is -2.33. The van der Waals surface area contributed by atoms with Gasteiger partial charge in [-0.25, -0.2) is 0 Å². The molecule has 2 saturated carbocycles. The maximum absolute atomic E-state index is 3.85. The summed E-state index contributed by atoms with van der Waals surface area (Å²) >= 11 is 0. The van der Waals surface area contributed by atoms with Gasteiger partial charge >= 0.3 is 0 Å². The minimum Gasteiger partial charge on any atom is -0.314 e. The molecule has 2 rings (SSSR count). The largest absolute Gasteiger partial charge is 0.314 e. The second-order valence-electron chi connectivity index (χ2n) is 6.22. The standard InChI is InChI=1S/C15H29N/c1-13-6-5-9-15(11-10-13)16-12-14-7-3-2-4-8-14/h13-16H,2-12H2,1H3. The molecule has 1 N–H and O–H groups in total. The fourth-order valence-electron chi connectivity index (χ4n) is 3.42. The summed E-state index contributed by atoms with van der Waals surface area (Å²) in [6.07, 6.45) is 14.6. The maximum atomic E-state index is 3.85. The van der Waals surface area contributed by atoms with Crippen molar-refractivity contribution in [3.8, 4) is 0 Å². The molecule has 0 heterocycles. The molecule has 2 unspecified atom stereocenters. The van der Waals surface area contributed by atoms with Crippen molar-refractivity contribution in [3.05, 3.63) is 0 Å². The molecule has 0 aromatic heterocycles. The van der Waals surface area contributed by atoms with Gasteiger partial charge in [0.15, 0.2) is 0 Å². The van der Waals surface area contributed by atoms with E-state index in [2.05, 4.69) is 12.2 Å². The average Bonchev–Trinajstić information content (AvgIpc) is 2.53. The predicted molar refractivity (Wildman–Crippen MR) is 70.6 cm³/mol. The molecule has 0 aromatic carbocycles. The molecule has 2 atom stereocenters. The molecule has 0 spiro atoms. The van der Waals surface area contributed by atoms with Crippen molar-refractivity contribution in [3.63, 3.8) is 0 Å². The predicted octanol–water partition coefficient (Wildman–Crippen LogP) is 4.13. The summed E-state index contributed by atoms with van der Waals surface area (Å²) in [4.78, 5) is 0. The Hall–Kier alpha value is -0.0400. The molecule has 0 saturated heterocycles. The van der Waals surface area contributed by atoms with Crippen LogP contribution in [0.3, 0.4) is 0 Å². The van der Waals surface area contributed by atoms with Crippen LogP contribution in [0.4, 0.5) is 0 Å². The zero-order chi connectivity index (χ0) is 11.2. The topological polar surface area (TPSA) is 12.0 Å². The Morgan fingerprint density at radius 3 is 2.44 bits per heavy atom. The van der Waals surface area contributed by atoms with E-state index in [9.17, 15) is 0 Å². The van der Waals surface area contributed by atoms with E-state index in [-0.39, 0.29) is 0 Å². The van der Waals surface area contributed by atoms with Crippen LogP contribution in [0.1, 0.15) is 71.1 Å². The summed E-state index contributed by atoms with van der Waals surface area (Å²) in [6.45, 7) is 3.72. The molecule has 0 bridgehead atoms. The number of hydrogen-bond acceptors (Lipinski definition) is 1. The molecule has 16 heavy (non-hydrogen) atoms. The first-order valence-electron chi connectivity index (χ1n) is 7.58. The Bertz CT molecular complexity index is 184. The Kier molecular flexibility index (Phi) is 5.15. The van der Waals surface area contributed by atoms with Crippen molar-refractivity contribution < 1.29 is 0 Å². The highest BCUT2D eigenvalue weighted by molar-refractivity contribution is 4.76. The molecule has 1 heteroatoms. The zero-order valence-electron chi connectivity index (χ0n) is 11.0.